The van der Waals surface area contributed by atoms with Crippen molar-refractivity contribution in [2.24, 2.45) is 0 Å². The number of fused-ring (bicyclic) bond motifs is 1. The summed E-state index contributed by atoms with van der Waals surface area (Å²) in [7, 11) is 3.79. The van der Waals surface area contributed by atoms with E-state index in [1.54, 1.807) is 0 Å². The lowest BCUT2D eigenvalue weighted by Crippen LogP contribution is -2.35. The van der Waals surface area contributed by atoms with Crippen LogP contribution in [0.5, 0.6) is 0 Å². The van der Waals surface area contributed by atoms with Crippen LogP contribution in [0, 0.1) is 0 Å². The van der Waals surface area contributed by atoms with Gasteiger partial charge in [-0.2, -0.15) is 0 Å². The number of nitrogens with zero attached hydrogens (tertiary/aromatic N) is 1. The van der Waals surface area contributed by atoms with Crippen molar-refractivity contribution in [3.05, 3.63) is 18.2 Å². The molecule has 0 aliphatic carbocycles. The average Bonchev–Trinajstić information content (AvgIpc) is 2.16. The Morgan fingerprint density at radius 2 is 2.29 bits per heavy atom. The predicted octanol–water partition coefficient (Wildman–Crippen LogP) is 1.12. The highest BCUT2D eigenvalue weighted by molar-refractivity contribution is 6.03. The zero-order valence-electron chi connectivity index (χ0n) is 8.29. The zero-order chi connectivity index (χ0) is 10.1. The quantitative estimate of drug-likeness (QED) is 0.699. The van der Waals surface area contributed by atoms with Crippen molar-refractivity contribution in [1.82, 2.24) is 0 Å². The number of para-hydroxylation sites is 1. The van der Waals surface area contributed by atoms with Crippen LogP contribution in [-0.4, -0.2) is 26.5 Å². The van der Waals surface area contributed by atoms with E-state index in [4.69, 9.17) is 0 Å². The number of rotatable bonds is 1. The van der Waals surface area contributed by atoms with Gasteiger partial charge in [0.25, 0.3) is 0 Å². The van der Waals surface area contributed by atoms with Crippen LogP contribution in [0.4, 0.5) is 17.1 Å². The lowest BCUT2D eigenvalue weighted by molar-refractivity contribution is -0.115. The third-order valence-electron chi connectivity index (χ3n) is 2.34. The maximum Gasteiger partial charge on any atom is 0.243 e. The topological polar surface area (TPSA) is 44.4 Å². The molecular weight excluding hydrogens is 178 g/mol. The maximum atomic E-state index is 11.3. The van der Waals surface area contributed by atoms with Gasteiger partial charge in [0.2, 0.25) is 5.91 Å². The Hall–Kier alpha value is -1.71. The Balaban J connectivity index is 2.52. The highest BCUT2D eigenvalue weighted by Gasteiger charge is 2.20. The number of benzene rings is 1. The molecule has 1 aliphatic heterocycles. The van der Waals surface area contributed by atoms with Crippen molar-refractivity contribution in [1.29, 1.82) is 0 Å². The minimum atomic E-state index is 0.0354. The molecule has 0 aromatic heterocycles. The van der Waals surface area contributed by atoms with Crippen molar-refractivity contribution in [3.63, 3.8) is 0 Å². The first-order valence-electron chi connectivity index (χ1n) is 4.54. The average molecular weight is 191 g/mol. The third kappa shape index (κ3) is 1.28. The first kappa shape index (κ1) is 8.87. The normalized spacial score (nSPS) is 14.7. The second-order valence-corrected chi connectivity index (χ2v) is 3.36. The summed E-state index contributed by atoms with van der Waals surface area (Å²) in [5.41, 5.74) is 2.95. The number of hydrogen-bond donors (Lipinski definition) is 2. The third-order valence-corrected chi connectivity index (χ3v) is 2.34. The molecule has 1 amide bonds. The number of hydrogen-bond acceptors (Lipinski definition) is 3. The van der Waals surface area contributed by atoms with Crippen LogP contribution in [0.25, 0.3) is 0 Å². The number of amides is 1. The lowest BCUT2D eigenvalue weighted by atomic mass is 10.1. The molecule has 2 rings (SSSR count). The van der Waals surface area contributed by atoms with Gasteiger partial charge in [-0.3, -0.25) is 4.79 Å². The second-order valence-electron chi connectivity index (χ2n) is 3.36. The fraction of sp³-hybridized carbons (Fsp3) is 0.300. The van der Waals surface area contributed by atoms with Gasteiger partial charge in [-0.05, 0) is 12.1 Å². The Morgan fingerprint density at radius 3 is 3.00 bits per heavy atom. The summed E-state index contributed by atoms with van der Waals surface area (Å²) in [6, 6.07) is 5.82. The molecule has 1 aromatic rings. The van der Waals surface area contributed by atoms with E-state index in [1.807, 2.05) is 37.2 Å². The summed E-state index contributed by atoms with van der Waals surface area (Å²) in [5, 5.41) is 5.95. The minimum Gasteiger partial charge on any atom is -0.386 e. The molecule has 1 aromatic carbocycles. The minimum absolute atomic E-state index is 0.0354. The number of anilines is 3. The molecule has 0 spiro atoms. The van der Waals surface area contributed by atoms with E-state index in [1.165, 1.54) is 0 Å². The Morgan fingerprint density at radius 1 is 1.50 bits per heavy atom. The van der Waals surface area contributed by atoms with Gasteiger partial charge in [0, 0.05) is 14.1 Å². The first-order chi connectivity index (χ1) is 6.72. The summed E-state index contributed by atoms with van der Waals surface area (Å²) < 4.78 is 0. The van der Waals surface area contributed by atoms with Crippen LogP contribution in [0.15, 0.2) is 18.2 Å². The van der Waals surface area contributed by atoms with Gasteiger partial charge in [-0.15, -0.1) is 0 Å². The molecule has 0 saturated heterocycles. The predicted molar refractivity (Wildman–Crippen MR) is 57.9 cm³/mol. The summed E-state index contributed by atoms with van der Waals surface area (Å²) in [4.78, 5) is 13.2. The van der Waals surface area contributed by atoms with E-state index < -0.39 is 0 Å². The fourth-order valence-corrected chi connectivity index (χ4v) is 1.74. The molecule has 0 saturated carbocycles. The van der Waals surface area contributed by atoms with E-state index in [2.05, 4.69) is 10.6 Å². The highest BCUT2D eigenvalue weighted by atomic mass is 16.2. The van der Waals surface area contributed by atoms with Gasteiger partial charge >= 0.3 is 0 Å². The van der Waals surface area contributed by atoms with E-state index in [0.29, 0.717) is 6.54 Å². The van der Waals surface area contributed by atoms with Gasteiger partial charge in [-0.1, -0.05) is 6.07 Å². The monoisotopic (exact) mass is 191 g/mol. The zero-order valence-corrected chi connectivity index (χ0v) is 8.29. The molecule has 0 unspecified atom stereocenters. The molecule has 14 heavy (non-hydrogen) atoms. The number of carbonyl (C=O) groups excluding carboxylic acids is 1. The molecule has 1 heterocycles. The van der Waals surface area contributed by atoms with Gasteiger partial charge in [0.1, 0.15) is 0 Å². The molecule has 2 N–H and O–H groups in total. The number of likely N-dealkylation sites (N-methyl/N-ethyl adjacent to an activating group) is 1. The molecule has 4 nitrogen and oxygen atoms in total. The number of nitrogens with one attached hydrogen (secondary N) is 2. The van der Waals surface area contributed by atoms with Crippen molar-refractivity contribution in [3.8, 4) is 0 Å². The molecule has 74 valence electrons. The smallest absolute Gasteiger partial charge is 0.243 e. The van der Waals surface area contributed by atoms with Gasteiger partial charge in [0.05, 0.1) is 23.6 Å². The van der Waals surface area contributed by atoms with E-state index in [0.717, 1.165) is 17.1 Å². The van der Waals surface area contributed by atoms with Crippen molar-refractivity contribution in [2.45, 2.75) is 0 Å². The standard InChI is InChI=1S/C10H13N3O/c1-11-7-4-3-5-8-10(7)13(2)6-9(14)12-8/h3-5,11H,6H2,1-2H3,(H,12,14). The van der Waals surface area contributed by atoms with Crippen LogP contribution < -0.4 is 15.5 Å². The Kier molecular flexibility index (Phi) is 2.04. The summed E-state index contributed by atoms with van der Waals surface area (Å²) in [5.74, 6) is 0.0354. The van der Waals surface area contributed by atoms with Crippen LogP contribution in [0.1, 0.15) is 0 Å². The Bertz CT molecular complexity index is 376. The van der Waals surface area contributed by atoms with Crippen molar-refractivity contribution >= 4 is 23.0 Å². The van der Waals surface area contributed by atoms with Gasteiger partial charge in [0.15, 0.2) is 0 Å². The second kappa shape index (κ2) is 3.21. The van der Waals surface area contributed by atoms with Crippen LogP contribution in [0.3, 0.4) is 0 Å². The van der Waals surface area contributed by atoms with Crippen LogP contribution in [-0.2, 0) is 4.79 Å². The Labute approximate surface area is 82.9 Å². The molecule has 4 heteroatoms. The molecular formula is C10H13N3O. The lowest BCUT2D eigenvalue weighted by Gasteiger charge is -2.29. The van der Waals surface area contributed by atoms with Crippen molar-refractivity contribution in [2.75, 3.05) is 36.2 Å². The largest absolute Gasteiger partial charge is 0.386 e. The van der Waals surface area contributed by atoms with Gasteiger partial charge in [-0.25, -0.2) is 0 Å². The molecule has 0 radical (unpaired) electrons. The molecule has 0 bridgehead atoms. The summed E-state index contributed by atoms with van der Waals surface area (Å²) in [6.45, 7) is 0.408. The maximum absolute atomic E-state index is 11.3. The van der Waals surface area contributed by atoms with Gasteiger partial charge < -0.3 is 15.5 Å². The van der Waals surface area contributed by atoms with Crippen molar-refractivity contribution < 1.29 is 4.79 Å². The molecule has 1 aliphatic rings. The summed E-state index contributed by atoms with van der Waals surface area (Å²) in [6.07, 6.45) is 0. The van der Waals surface area contributed by atoms with Crippen LogP contribution >= 0.6 is 0 Å². The van der Waals surface area contributed by atoms with E-state index in [-0.39, 0.29) is 5.91 Å². The first-order valence-corrected chi connectivity index (χ1v) is 4.54. The number of carbonyl (C=O) groups is 1. The molecule has 0 atom stereocenters. The van der Waals surface area contributed by atoms with E-state index >= 15 is 0 Å². The summed E-state index contributed by atoms with van der Waals surface area (Å²) >= 11 is 0. The highest BCUT2D eigenvalue weighted by Crippen LogP contribution is 2.35. The SMILES string of the molecule is CNc1cccc2c1N(C)CC(=O)N2. The van der Waals surface area contributed by atoms with E-state index in [9.17, 15) is 4.79 Å². The fourth-order valence-electron chi connectivity index (χ4n) is 1.74. The van der Waals surface area contributed by atoms with Crippen LogP contribution in [0.2, 0.25) is 0 Å². The molecule has 0 fully saturated rings.